The van der Waals surface area contributed by atoms with Crippen molar-refractivity contribution in [2.24, 2.45) is 0 Å². The number of nitrogens with one attached hydrogen (secondary N) is 2. The number of benzene rings is 2. The predicted octanol–water partition coefficient (Wildman–Crippen LogP) is 2.97. The third kappa shape index (κ3) is 4.94. The van der Waals surface area contributed by atoms with Crippen molar-refractivity contribution < 1.29 is 14.3 Å². The second kappa shape index (κ2) is 7.26. The lowest BCUT2D eigenvalue weighted by Crippen LogP contribution is -2.20. The Balaban J connectivity index is 1.88. The van der Waals surface area contributed by atoms with Gasteiger partial charge in [-0.3, -0.25) is 9.59 Å². The quantitative estimate of drug-likeness (QED) is 0.891. The molecule has 0 fully saturated rings. The van der Waals surface area contributed by atoms with Gasteiger partial charge in [0.1, 0.15) is 5.75 Å². The van der Waals surface area contributed by atoms with E-state index in [9.17, 15) is 9.59 Å². The number of amides is 2. The van der Waals surface area contributed by atoms with Crippen LogP contribution in [0.2, 0.25) is 0 Å². The molecule has 2 amide bonds. The summed E-state index contributed by atoms with van der Waals surface area (Å²) in [4.78, 5) is 22.8. The van der Waals surface area contributed by atoms with Gasteiger partial charge in [0.2, 0.25) is 5.91 Å². The summed E-state index contributed by atoms with van der Waals surface area (Å²) >= 11 is 0. The lowest BCUT2D eigenvalue weighted by Gasteiger charge is -2.09. The molecule has 0 saturated heterocycles. The lowest BCUT2D eigenvalue weighted by atomic mass is 10.2. The Morgan fingerprint density at radius 2 is 1.73 bits per heavy atom. The van der Waals surface area contributed by atoms with Gasteiger partial charge in [-0.25, -0.2) is 0 Å². The van der Waals surface area contributed by atoms with Crippen LogP contribution in [0.15, 0.2) is 48.5 Å². The Hall–Kier alpha value is -2.82. The van der Waals surface area contributed by atoms with Gasteiger partial charge in [0, 0.05) is 24.4 Å². The van der Waals surface area contributed by atoms with Gasteiger partial charge in [-0.1, -0.05) is 23.8 Å². The van der Waals surface area contributed by atoms with Crippen LogP contribution in [0.3, 0.4) is 0 Å². The fourth-order valence-electron chi connectivity index (χ4n) is 1.85. The molecule has 2 N–H and O–H groups in total. The second-order valence-electron chi connectivity index (χ2n) is 4.91. The molecule has 5 heteroatoms. The molecule has 0 atom stereocenters. The summed E-state index contributed by atoms with van der Waals surface area (Å²) in [5.74, 6) is 0.119. The second-order valence-corrected chi connectivity index (χ2v) is 4.91. The molecule has 2 rings (SSSR count). The molecule has 0 unspecified atom stereocenters. The molecule has 2 aromatic rings. The topological polar surface area (TPSA) is 67.4 Å². The number of anilines is 2. The summed E-state index contributed by atoms with van der Waals surface area (Å²) in [6.45, 7) is 3.32. The number of hydrogen-bond donors (Lipinski definition) is 2. The Morgan fingerprint density at radius 1 is 1.00 bits per heavy atom. The van der Waals surface area contributed by atoms with Gasteiger partial charge in [-0.15, -0.1) is 0 Å². The SMILES string of the molecule is CC(=O)Nc1cccc(OCC(=O)Nc2ccc(C)cc2)c1. The largest absolute Gasteiger partial charge is 0.484 e. The minimum absolute atomic E-state index is 0.0998. The standard InChI is InChI=1S/C17H18N2O3/c1-12-6-8-14(9-7-12)19-17(21)11-22-16-5-3-4-15(10-16)18-13(2)20/h3-10H,11H2,1-2H3,(H,18,20)(H,19,21). The third-order valence-electron chi connectivity index (χ3n) is 2.86. The van der Waals surface area contributed by atoms with E-state index in [1.54, 1.807) is 24.3 Å². The Bertz CT molecular complexity index is 666. The molecular weight excluding hydrogens is 280 g/mol. The van der Waals surface area contributed by atoms with Gasteiger partial charge in [0.25, 0.3) is 5.91 Å². The van der Waals surface area contributed by atoms with Crippen LogP contribution < -0.4 is 15.4 Å². The first kappa shape index (κ1) is 15.6. The molecule has 0 bridgehead atoms. The van der Waals surface area contributed by atoms with Gasteiger partial charge in [0.15, 0.2) is 6.61 Å². The fourth-order valence-corrected chi connectivity index (χ4v) is 1.85. The molecule has 0 heterocycles. The molecular formula is C17H18N2O3. The van der Waals surface area contributed by atoms with Crippen LogP contribution in [-0.2, 0) is 9.59 Å². The summed E-state index contributed by atoms with van der Waals surface area (Å²) < 4.78 is 5.42. The Morgan fingerprint density at radius 3 is 2.41 bits per heavy atom. The number of ether oxygens (including phenoxy) is 1. The molecule has 114 valence electrons. The average Bonchev–Trinajstić information content (AvgIpc) is 2.47. The zero-order chi connectivity index (χ0) is 15.9. The van der Waals surface area contributed by atoms with Gasteiger partial charge in [-0.05, 0) is 31.2 Å². The minimum Gasteiger partial charge on any atom is -0.484 e. The number of rotatable bonds is 5. The number of carbonyl (C=O) groups is 2. The van der Waals surface area contributed by atoms with Gasteiger partial charge in [-0.2, -0.15) is 0 Å². The number of carbonyl (C=O) groups excluding carboxylic acids is 2. The maximum absolute atomic E-state index is 11.8. The molecule has 0 aliphatic heterocycles. The molecule has 2 aromatic carbocycles. The van der Waals surface area contributed by atoms with Crippen LogP contribution in [0.4, 0.5) is 11.4 Å². The molecule has 22 heavy (non-hydrogen) atoms. The van der Waals surface area contributed by atoms with E-state index in [1.165, 1.54) is 6.92 Å². The van der Waals surface area contributed by atoms with Gasteiger partial charge >= 0.3 is 0 Å². The normalized spacial score (nSPS) is 9.91. The van der Waals surface area contributed by atoms with Crippen LogP contribution in [0.5, 0.6) is 5.75 Å². The zero-order valence-electron chi connectivity index (χ0n) is 12.6. The predicted molar refractivity (Wildman–Crippen MR) is 86.0 cm³/mol. The van der Waals surface area contributed by atoms with E-state index in [-0.39, 0.29) is 18.4 Å². The summed E-state index contributed by atoms with van der Waals surface area (Å²) in [5, 5.41) is 5.41. The van der Waals surface area contributed by atoms with E-state index in [1.807, 2.05) is 31.2 Å². The van der Waals surface area contributed by atoms with Crippen LogP contribution in [0.25, 0.3) is 0 Å². The van der Waals surface area contributed by atoms with E-state index in [0.29, 0.717) is 11.4 Å². The molecule has 0 aliphatic carbocycles. The average molecular weight is 298 g/mol. The maximum Gasteiger partial charge on any atom is 0.262 e. The first-order chi connectivity index (χ1) is 10.5. The first-order valence-corrected chi connectivity index (χ1v) is 6.90. The van der Waals surface area contributed by atoms with Crippen molar-refractivity contribution >= 4 is 23.2 Å². The Kier molecular flexibility index (Phi) is 5.14. The highest BCUT2D eigenvalue weighted by Gasteiger charge is 2.04. The summed E-state index contributed by atoms with van der Waals surface area (Å²) in [5.41, 5.74) is 2.49. The summed E-state index contributed by atoms with van der Waals surface area (Å²) in [6.07, 6.45) is 0. The van der Waals surface area contributed by atoms with Crippen LogP contribution in [-0.4, -0.2) is 18.4 Å². The number of hydrogen-bond acceptors (Lipinski definition) is 3. The van der Waals surface area contributed by atoms with Crippen molar-refractivity contribution in [2.45, 2.75) is 13.8 Å². The smallest absolute Gasteiger partial charge is 0.262 e. The van der Waals surface area contributed by atoms with Crippen molar-refractivity contribution in [3.8, 4) is 5.75 Å². The monoisotopic (exact) mass is 298 g/mol. The maximum atomic E-state index is 11.8. The van der Waals surface area contributed by atoms with Crippen LogP contribution in [0.1, 0.15) is 12.5 Å². The van der Waals surface area contributed by atoms with E-state index in [2.05, 4.69) is 10.6 Å². The van der Waals surface area contributed by atoms with Gasteiger partial charge in [0.05, 0.1) is 0 Å². The highest BCUT2D eigenvalue weighted by atomic mass is 16.5. The molecule has 0 aliphatic rings. The number of aryl methyl sites for hydroxylation is 1. The van der Waals surface area contributed by atoms with Crippen molar-refractivity contribution in [3.05, 3.63) is 54.1 Å². The molecule has 0 radical (unpaired) electrons. The summed E-state index contributed by atoms with van der Waals surface area (Å²) in [7, 11) is 0. The zero-order valence-corrected chi connectivity index (χ0v) is 12.6. The molecule has 0 saturated carbocycles. The van der Waals surface area contributed by atoms with Crippen molar-refractivity contribution in [1.82, 2.24) is 0 Å². The van der Waals surface area contributed by atoms with Crippen molar-refractivity contribution in [1.29, 1.82) is 0 Å². The molecule has 0 aromatic heterocycles. The lowest BCUT2D eigenvalue weighted by molar-refractivity contribution is -0.118. The van der Waals surface area contributed by atoms with E-state index in [4.69, 9.17) is 4.74 Å². The van der Waals surface area contributed by atoms with E-state index in [0.717, 1.165) is 11.3 Å². The minimum atomic E-state index is -0.242. The van der Waals surface area contributed by atoms with Crippen LogP contribution >= 0.6 is 0 Å². The highest BCUT2D eigenvalue weighted by molar-refractivity contribution is 5.92. The fraction of sp³-hybridized carbons (Fsp3) is 0.176. The van der Waals surface area contributed by atoms with Gasteiger partial charge < -0.3 is 15.4 Å². The highest BCUT2D eigenvalue weighted by Crippen LogP contribution is 2.17. The van der Waals surface area contributed by atoms with Crippen molar-refractivity contribution in [3.63, 3.8) is 0 Å². The van der Waals surface area contributed by atoms with Crippen molar-refractivity contribution in [2.75, 3.05) is 17.2 Å². The van der Waals surface area contributed by atoms with Crippen LogP contribution in [0, 0.1) is 6.92 Å². The Labute approximate surface area is 129 Å². The summed E-state index contributed by atoms with van der Waals surface area (Å²) in [6, 6.07) is 14.4. The first-order valence-electron chi connectivity index (χ1n) is 6.90. The third-order valence-corrected chi connectivity index (χ3v) is 2.86. The molecule has 0 spiro atoms. The van der Waals surface area contributed by atoms with E-state index < -0.39 is 0 Å². The molecule has 5 nitrogen and oxygen atoms in total. The van der Waals surface area contributed by atoms with E-state index >= 15 is 0 Å².